The van der Waals surface area contributed by atoms with E-state index in [2.05, 4.69) is 52.1 Å². The Labute approximate surface area is 129 Å². The second-order valence-corrected chi connectivity index (χ2v) is 6.69. The van der Waals surface area contributed by atoms with Gasteiger partial charge in [-0.05, 0) is 54.6 Å². The Balaban J connectivity index is 2.23. The molecule has 1 aliphatic rings. The summed E-state index contributed by atoms with van der Waals surface area (Å²) >= 11 is 3.42. The zero-order chi connectivity index (χ0) is 14.7. The number of rotatable bonds is 4. The maximum Gasteiger partial charge on any atom is 0.129 e. The smallest absolute Gasteiger partial charge is 0.129 e. The second-order valence-electron chi connectivity index (χ2n) is 5.84. The molecule has 1 aliphatic heterocycles. The number of hydrogen-bond acceptors (Lipinski definition) is 4. The number of aromatic hydroxyl groups is 1. The van der Waals surface area contributed by atoms with E-state index in [0.29, 0.717) is 17.8 Å². The van der Waals surface area contributed by atoms with Gasteiger partial charge in [0.1, 0.15) is 5.75 Å². The summed E-state index contributed by atoms with van der Waals surface area (Å²) in [5, 5.41) is 13.2. The summed E-state index contributed by atoms with van der Waals surface area (Å²) in [4.78, 5) is 4.75. The van der Waals surface area contributed by atoms with Crippen molar-refractivity contribution in [3.8, 4) is 5.75 Å². The van der Waals surface area contributed by atoms with Crippen molar-refractivity contribution in [2.75, 3.05) is 40.3 Å². The summed E-state index contributed by atoms with van der Waals surface area (Å²) in [6, 6.07) is 6.71. The van der Waals surface area contributed by atoms with Crippen LogP contribution in [0.5, 0.6) is 5.75 Å². The first-order chi connectivity index (χ1) is 9.47. The van der Waals surface area contributed by atoms with Crippen LogP contribution in [0.1, 0.15) is 18.5 Å². The molecular weight excluding hydrogens is 318 g/mol. The van der Waals surface area contributed by atoms with Gasteiger partial charge in [0.15, 0.2) is 0 Å². The third-order valence-electron chi connectivity index (χ3n) is 3.74. The first kappa shape index (κ1) is 15.8. The first-order valence-electron chi connectivity index (χ1n) is 7.08. The Kier molecular flexibility index (Phi) is 5.43. The van der Waals surface area contributed by atoms with E-state index in [9.17, 15) is 5.11 Å². The molecule has 1 aromatic carbocycles. The zero-order valence-corrected chi connectivity index (χ0v) is 14.0. The number of hydrogen-bond donors (Lipinski definition) is 2. The molecule has 2 unspecified atom stereocenters. The van der Waals surface area contributed by atoms with Gasteiger partial charge in [-0.25, -0.2) is 0 Å². The molecule has 1 saturated heterocycles. The highest BCUT2D eigenvalue weighted by Gasteiger charge is 2.25. The maximum atomic E-state index is 9.68. The van der Waals surface area contributed by atoms with Crippen LogP contribution in [0.3, 0.4) is 0 Å². The number of likely N-dealkylation sites (N-methyl/N-ethyl adjacent to an activating group) is 1. The van der Waals surface area contributed by atoms with Crippen LogP contribution < -0.4 is 5.32 Å². The fraction of sp³-hybridized carbons (Fsp3) is 0.600. The van der Waals surface area contributed by atoms with Crippen LogP contribution in [-0.4, -0.2) is 61.2 Å². The zero-order valence-electron chi connectivity index (χ0n) is 12.4. The number of benzene rings is 1. The lowest BCUT2D eigenvalue weighted by Gasteiger charge is -2.39. The lowest BCUT2D eigenvalue weighted by molar-refractivity contribution is 0.125. The number of nitrogens with zero attached hydrogens (tertiary/aromatic N) is 2. The van der Waals surface area contributed by atoms with Gasteiger partial charge in [0.25, 0.3) is 0 Å². The molecule has 2 atom stereocenters. The molecule has 0 bridgehead atoms. The van der Waals surface area contributed by atoms with Crippen molar-refractivity contribution in [2.24, 2.45) is 0 Å². The SMILES string of the molecule is CC1CN(C(CN(C)C)c2ccc(O)c(Br)c2)CCN1. The third kappa shape index (κ3) is 3.95. The molecule has 20 heavy (non-hydrogen) atoms. The van der Waals surface area contributed by atoms with Crippen molar-refractivity contribution < 1.29 is 5.11 Å². The van der Waals surface area contributed by atoms with Gasteiger partial charge in [-0.15, -0.1) is 0 Å². The van der Waals surface area contributed by atoms with Crippen LogP contribution in [-0.2, 0) is 0 Å². The molecule has 112 valence electrons. The maximum absolute atomic E-state index is 9.68. The largest absolute Gasteiger partial charge is 0.507 e. The lowest BCUT2D eigenvalue weighted by atomic mass is 10.0. The number of halogens is 1. The van der Waals surface area contributed by atoms with Crippen LogP contribution in [0, 0.1) is 0 Å². The van der Waals surface area contributed by atoms with Gasteiger partial charge in [0, 0.05) is 38.3 Å². The van der Waals surface area contributed by atoms with Gasteiger partial charge in [0.05, 0.1) is 4.47 Å². The molecule has 1 fully saturated rings. The van der Waals surface area contributed by atoms with Gasteiger partial charge in [-0.3, -0.25) is 4.90 Å². The quantitative estimate of drug-likeness (QED) is 0.879. The summed E-state index contributed by atoms with van der Waals surface area (Å²) < 4.78 is 0.766. The van der Waals surface area contributed by atoms with Crippen molar-refractivity contribution >= 4 is 15.9 Å². The number of piperazine rings is 1. The van der Waals surface area contributed by atoms with E-state index < -0.39 is 0 Å². The first-order valence-corrected chi connectivity index (χ1v) is 7.87. The summed E-state index contributed by atoms with van der Waals surface area (Å²) in [6.45, 7) is 6.35. The monoisotopic (exact) mass is 341 g/mol. The van der Waals surface area contributed by atoms with Crippen LogP contribution in [0.2, 0.25) is 0 Å². The summed E-state index contributed by atoms with van der Waals surface area (Å²) in [5.74, 6) is 0.297. The van der Waals surface area contributed by atoms with Gasteiger partial charge >= 0.3 is 0 Å². The molecule has 0 amide bonds. The predicted octanol–water partition coefficient (Wildman–Crippen LogP) is 2.05. The molecule has 0 aromatic heterocycles. The topological polar surface area (TPSA) is 38.7 Å². The Morgan fingerprint density at radius 3 is 2.85 bits per heavy atom. The normalized spacial score (nSPS) is 22.1. The molecule has 5 heteroatoms. The molecule has 2 rings (SSSR count). The van der Waals surface area contributed by atoms with Gasteiger partial charge in [-0.1, -0.05) is 6.07 Å². The van der Waals surface area contributed by atoms with Gasteiger partial charge in [0.2, 0.25) is 0 Å². The van der Waals surface area contributed by atoms with Gasteiger partial charge < -0.3 is 15.3 Å². The standard InChI is InChI=1S/C15H24BrN3O/c1-11-9-19(7-6-17-11)14(10-18(2)3)12-4-5-15(20)13(16)8-12/h4-5,8,11,14,17,20H,6-7,9-10H2,1-3H3. The van der Waals surface area contributed by atoms with E-state index >= 15 is 0 Å². The highest BCUT2D eigenvalue weighted by atomic mass is 79.9. The van der Waals surface area contributed by atoms with Gasteiger partial charge in [-0.2, -0.15) is 0 Å². The predicted molar refractivity (Wildman–Crippen MR) is 86.1 cm³/mol. The molecule has 1 heterocycles. The summed E-state index contributed by atoms with van der Waals surface area (Å²) in [5.41, 5.74) is 1.25. The van der Waals surface area contributed by atoms with Crippen molar-refractivity contribution in [3.05, 3.63) is 28.2 Å². The van der Waals surface area contributed by atoms with E-state index in [1.165, 1.54) is 5.56 Å². The summed E-state index contributed by atoms with van der Waals surface area (Å²) in [7, 11) is 4.21. The molecule has 1 aromatic rings. The fourth-order valence-corrected chi connectivity index (χ4v) is 3.15. The Bertz CT molecular complexity index is 453. The molecule has 2 N–H and O–H groups in total. The van der Waals surface area contributed by atoms with E-state index in [4.69, 9.17) is 0 Å². The molecular formula is C15H24BrN3O. The van der Waals surface area contributed by atoms with E-state index in [1.54, 1.807) is 6.07 Å². The van der Waals surface area contributed by atoms with Crippen molar-refractivity contribution in [1.82, 2.24) is 15.1 Å². The van der Waals surface area contributed by atoms with Crippen LogP contribution in [0.4, 0.5) is 0 Å². The fourth-order valence-electron chi connectivity index (χ4n) is 2.75. The average molecular weight is 342 g/mol. The minimum atomic E-state index is 0.297. The average Bonchev–Trinajstić information content (AvgIpc) is 2.39. The minimum Gasteiger partial charge on any atom is -0.507 e. The van der Waals surface area contributed by atoms with Crippen LogP contribution in [0.25, 0.3) is 0 Å². The third-order valence-corrected chi connectivity index (χ3v) is 4.37. The molecule has 0 saturated carbocycles. The Morgan fingerprint density at radius 2 is 2.25 bits per heavy atom. The number of phenolic OH excluding ortho intramolecular Hbond substituents is 1. The highest BCUT2D eigenvalue weighted by Crippen LogP contribution is 2.30. The molecule has 4 nitrogen and oxygen atoms in total. The van der Waals surface area contributed by atoms with Crippen molar-refractivity contribution in [1.29, 1.82) is 0 Å². The lowest BCUT2D eigenvalue weighted by Crippen LogP contribution is -2.51. The Morgan fingerprint density at radius 1 is 1.50 bits per heavy atom. The van der Waals surface area contributed by atoms with Crippen LogP contribution >= 0.6 is 15.9 Å². The number of nitrogens with one attached hydrogen (secondary N) is 1. The van der Waals surface area contributed by atoms with E-state index in [1.807, 2.05) is 12.1 Å². The Hall–Kier alpha value is -0.620. The summed E-state index contributed by atoms with van der Waals surface area (Å²) in [6.07, 6.45) is 0. The minimum absolute atomic E-state index is 0.297. The van der Waals surface area contributed by atoms with Crippen molar-refractivity contribution in [2.45, 2.75) is 19.0 Å². The van der Waals surface area contributed by atoms with E-state index in [-0.39, 0.29) is 0 Å². The molecule has 0 radical (unpaired) electrons. The second kappa shape index (κ2) is 6.89. The van der Waals surface area contributed by atoms with Crippen molar-refractivity contribution in [3.63, 3.8) is 0 Å². The number of phenols is 1. The van der Waals surface area contributed by atoms with Crippen LogP contribution in [0.15, 0.2) is 22.7 Å². The van der Waals surface area contributed by atoms with E-state index in [0.717, 1.165) is 30.7 Å². The molecule has 0 aliphatic carbocycles. The highest BCUT2D eigenvalue weighted by molar-refractivity contribution is 9.10. The molecule has 0 spiro atoms.